The molecule has 0 bridgehead atoms. The molecule has 222 valence electrons. The summed E-state index contributed by atoms with van der Waals surface area (Å²) >= 11 is 0. The first kappa shape index (κ1) is 36.4. The number of hydrogen-bond acceptors (Lipinski definition) is 4. The highest BCUT2D eigenvalue weighted by molar-refractivity contribution is 7.85. The van der Waals surface area contributed by atoms with Crippen molar-refractivity contribution in [3.8, 4) is 0 Å². The molecule has 0 saturated heterocycles. The Kier molecular flexibility index (Phi) is 27.9. The molecule has 1 N–H and O–H groups in total. The zero-order valence-electron chi connectivity index (χ0n) is 24.5. The second-order valence-electron chi connectivity index (χ2n) is 11.1. The number of esters is 1. The van der Waals surface area contributed by atoms with Gasteiger partial charge in [-0.05, 0) is 6.42 Å². The molecule has 0 radical (unpaired) electrons. The predicted octanol–water partition coefficient (Wildman–Crippen LogP) is 9.97. The van der Waals surface area contributed by atoms with Gasteiger partial charge >= 0.3 is 5.97 Å². The van der Waals surface area contributed by atoms with Gasteiger partial charge in [-0.15, -0.1) is 0 Å². The first-order valence-corrected chi connectivity index (χ1v) is 17.7. The summed E-state index contributed by atoms with van der Waals surface area (Å²) < 4.78 is 34.5. The fraction of sp³-hybridized carbons (Fsp3) is 0.968. The van der Waals surface area contributed by atoms with Crippen LogP contribution in [-0.2, 0) is 19.6 Å². The van der Waals surface area contributed by atoms with Crippen molar-refractivity contribution in [2.45, 2.75) is 180 Å². The molecule has 0 aliphatic heterocycles. The minimum Gasteiger partial charge on any atom is -0.464 e. The van der Waals surface area contributed by atoms with Gasteiger partial charge in [-0.3, -0.25) is 9.35 Å². The van der Waals surface area contributed by atoms with Gasteiger partial charge in [-0.1, -0.05) is 167 Å². The van der Waals surface area contributed by atoms with Crippen LogP contribution in [0.5, 0.6) is 0 Å². The molecular formula is C31H62O5S. The molecule has 0 aliphatic rings. The zero-order valence-corrected chi connectivity index (χ0v) is 25.3. The normalized spacial score (nSPS) is 11.7. The van der Waals surface area contributed by atoms with E-state index in [0.717, 1.165) is 19.3 Å². The number of unbranched alkanes of at least 4 members (excludes halogenated alkanes) is 25. The average molecular weight is 547 g/mol. The summed E-state index contributed by atoms with van der Waals surface area (Å²) in [5.41, 5.74) is 0. The zero-order chi connectivity index (χ0) is 27.3. The summed E-state index contributed by atoms with van der Waals surface area (Å²) in [5.74, 6) is -0.911. The largest absolute Gasteiger partial charge is 0.464 e. The van der Waals surface area contributed by atoms with Crippen LogP contribution in [0.4, 0.5) is 0 Å². The van der Waals surface area contributed by atoms with Crippen molar-refractivity contribution in [1.29, 1.82) is 0 Å². The molecule has 0 aliphatic carbocycles. The molecule has 0 fully saturated rings. The highest BCUT2D eigenvalue weighted by Crippen LogP contribution is 2.16. The molecule has 0 aromatic heterocycles. The van der Waals surface area contributed by atoms with Gasteiger partial charge in [0.1, 0.15) is 12.4 Å². The molecular weight excluding hydrogens is 484 g/mol. The van der Waals surface area contributed by atoms with Crippen LogP contribution in [0.25, 0.3) is 0 Å². The first-order valence-electron chi connectivity index (χ1n) is 16.1. The van der Waals surface area contributed by atoms with Crippen LogP contribution in [0.3, 0.4) is 0 Å². The Morgan fingerprint density at radius 1 is 0.514 bits per heavy atom. The van der Waals surface area contributed by atoms with Crippen molar-refractivity contribution >= 4 is 16.1 Å². The summed E-state index contributed by atoms with van der Waals surface area (Å²) in [7, 11) is -4.06. The van der Waals surface area contributed by atoms with Crippen molar-refractivity contribution in [1.82, 2.24) is 0 Å². The van der Waals surface area contributed by atoms with E-state index in [2.05, 4.69) is 6.92 Å². The topological polar surface area (TPSA) is 80.7 Å². The lowest BCUT2D eigenvalue weighted by Gasteiger charge is -2.05. The monoisotopic (exact) mass is 546 g/mol. The number of hydrogen-bond donors (Lipinski definition) is 1. The van der Waals surface area contributed by atoms with Gasteiger partial charge < -0.3 is 4.74 Å². The third-order valence-electron chi connectivity index (χ3n) is 7.34. The van der Waals surface area contributed by atoms with Crippen LogP contribution in [0.15, 0.2) is 0 Å². The van der Waals surface area contributed by atoms with E-state index in [9.17, 15) is 13.2 Å². The van der Waals surface area contributed by atoms with E-state index < -0.39 is 15.9 Å². The van der Waals surface area contributed by atoms with Gasteiger partial charge in [-0.25, -0.2) is 0 Å². The Morgan fingerprint density at radius 3 is 1.05 bits per heavy atom. The number of carbonyl (C=O) groups is 1. The molecule has 37 heavy (non-hydrogen) atoms. The van der Waals surface area contributed by atoms with Gasteiger partial charge in [-0.2, -0.15) is 8.42 Å². The van der Waals surface area contributed by atoms with E-state index in [1.165, 1.54) is 148 Å². The molecule has 6 heteroatoms. The van der Waals surface area contributed by atoms with Gasteiger partial charge in [0, 0.05) is 6.42 Å². The minimum absolute atomic E-state index is 0.267. The summed E-state index contributed by atoms with van der Waals surface area (Å²) in [4.78, 5) is 11.5. The van der Waals surface area contributed by atoms with Gasteiger partial charge in [0.2, 0.25) is 0 Å². The van der Waals surface area contributed by atoms with Crippen molar-refractivity contribution in [3.05, 3.63) is 0 Å². The molecule has 0 aromatic carbocycles. The third kappa shape index (κ3) is 33.4. The Bertz CT molecular complexity index is 576. The maximum atomic E-state index is 11.5. The Balaban J connectivity index is 3.12. The van der Waals surface area contributed by atoms with Gasteiger partial charge in [0.25, 0.3) is 10.1 Å². The molecule has 0 atom stereocenters. The fourth-order valence-corrected chi connectivity index (χ4v) is 5.21. The fourth-order valence-electron chi connectivity index (χ4n) is 4.92. The molecule has 0 aromatic rings. The number of rotatable bonds is 30. The van der Waals surface area contributed by atoms with Crippen molar-refractivity contribution in [3.63, 3.8) is 0 Å². The highest BCUT2D eigenvalue weighted by atomic mass is 32.2. The molecule has 0 unspecified atom stereocenters. The van der Waals surface area contributed by atoms with Crippen LogP contribution in [0.1, 0.15) is 180 Å². The summed E-state index contributed by atoms with van der Waals surface area (Å²) in [6.45, 7) is 2.02. The van der Waals surface area contributed by atoms with E-state index in [1.54, 1.807) is 0 Å². The Morgan fingerprint density at radius 2 is 0.784 bits per heavy atom. The average Bonchev–Trinajstić information content (AvgIpc) is 2.85. The highest BCUT2D eigenvalue weighted by Gasteiger charge is 2.07. The van der Waals surface area contributed by atoms with Crippen LogP contribution >= 0.6 is 0 Å². The van der Waals surface area contributed by atoms with Crippen molar-refractivity contribution in [2.75, 3.05) is 12.4 Å². The Labute approximate surface area is 231 Å². The maximum absolute atomic E-state index is 11.5. The second-order valence-corrected chi connectivity index (χ2v) is 12.7. The lowest BCUT2D eigenvalue weighted by atomic mass is 10.0. The van der Waals surface area contributed by atoms with Crippen LogP contribution in [0.2, 0.25) is 0 Å². The molecule has 0 rings (SSSR count). The summed E-state index contributed by atoms with van der Waals surface area (Å²) in [6, 6.07) is 0. The van der Waals surface area contributed by atoms with Crippen molar-refractivity contribution < 1.29 is 22.5 Å². The quantitative estimate of drug-likeness (QED) is 0.0550. The second kappa shape index (κ2) is 28.4. The molecule has 5 nitrogen and oxygen atoms in total. The van der Waals surface area contributed by atoms with Crippen molar-refractivity contribution in [2.24, 2.45) is 0 Å². The Hall–Kier alpha value is -0.620. The van der Waals surface area contributed by atoms with Crippen LogP contribution in [0, 0.1) is 0 Å². The standard InChI is InChI=1S/C31H62O5S/c1-2-3-4-5-6-7-8-9-10-11-12-13-14-15-16-17-18-19-20-21-22-23-24-25-26-27-28-31(32)36-29-30-37(33,34)35/h2-30H2,1H3,(H,33,34,35). The van der Waals surface area contributed by atoms with E-state index >= 15 is 0 Å². The molecule has 0 heterocycles. The SMILES string of the molecule is CCCCCCCCCCCCCCCCCCCCCCCCCCCCC(=O)OCCS(=O)(=O)O. The molecule has 0 saturated carbocycles. The summed E-state index contributed by atoms with van der Waals surface area (Å²) in [6.07, 6.45) is 35.6. The lowest BCUT2D eigenvalue weighted by Crippen LogP contribution is -2.14. The van der Waals surface area contributed by atoms with E-state index in [0.29, 0.717) is 6.42 Å². The van der Waals surface area contributed by atoms with Crippen LogP contribution < -0.4 is 0 Å². The summed E-state index contributed by atoms with van der Waals surface area (Å²) in [5, 5.41) is 0. The number of ether oxygens (including phenoxy) is 1. The lowest BCUT2D eigenvalue weighted by molar-refractivity contribution is -0.143. The van der Waals surface area contributed by atoms with Gasteiger partial charge in [0.05, 0.1) is 0 Å². The van der Waals surface area contributed by atoms with E-state index in [1.807, 2.05) is 0 Å². The smallest absolute Gasteiger partial charge is 0.305 e. The van der Waals surface area contributed by atoms with Gasteiger partial charge in [0.15, 0.2) is 0 Å². The van der Waals surface area contributed by atoms with Crippen LogP contribution in [-0.4, -0.2) is 31.3 Å². The minimum atomic E-state index is -4.06. The maximum Gasteiger partial charge on any atom is 0.305 e. The third-order valence-corrected chi connectivity index (χ3v) is 8.02. The van der Waals surface area contributed by atoms with E-state index in [4.69, 9.17) is 9.29 Å². The number of carbonyl (C=O) groups excluding carboxylic acids is 1. The van der Waals surface area contributed by atoms with E-state index in [-0.39, 0.29) is 12.6 Å². The first-order chi connectivity index (χ1) is 18.0. The molecule has 0 spiro atoms. The predicted molar refractivity (Wildman–Crippen MR) is 158 cm³/mol. The molecule has 0 amide bonds.